The van der Waals surface area contributed by atoms with Gasteiger partial charge in [-0.15, -0.1) is 0 Å². The van der Waals surface area contributed by atoms with Gasteiger partial charge in [-0.2, -0.15) is 0 Å². The lowest BCUT2D eigenvalue weighted by atomic mass is 9.44. The standard InChI is InChI=1S/C20H32O2/c1-12-8-9-19(2)13(10-12)4-5-14-15-6-7-17(22)20(15,3)11-16(21)18(14)19/h12-16,18,21H,4-11H2,1-3H3/t12-,13?,14+,15+,16+,18-,19+,20+/m1/s1. The molecule has 1 unspecified atom stereocenters. The average molecular weight is 304 g/mol. The molecular formula is C20H32O2. The van der Waals surface area contributed by atoms with E-state index in [0.29, 0.717) is 29.0 Å². The Morgan fingerprint density at radius 1 is 1.14 bits per heavy atom. The second kappa shape index (κ2) is 4.82. The number of aliphatic hydroxyl groups excluding tert-OH is 1. The highest BCUT2D eigenvalue weighted by Crippen LogP contribution is 2.65. The van der Waals surface area contributed by atoms with E-state index in [4.69, 9.17) is 0 Å². The number of carbonyl (C=O) groups is 1. The first kappa shape index (κ1) is 15.2. The molecule has 2 nitrogen and oxygen atoms in total. The van der Waals surface area contributed by atoms with Gasteiger partial charge >= 0.3 is 0 Å². The van der Waals surface area contributed by atoms with E-state index in [1.807, 2.05) is 0 Å². The van der Waals surface area contributed by atoms with Crippen molar-refractivity contribution < 1.29 is 9.90 Å². The minimum atomic E-state index is -0.255. The van der Waals surface area contributed by atoms with E-state index < -0.39 is 0 Å². The Morgan fingerprint density at radius 2 is 1.91 bits per heavy atom. The fourth-order valence-corrected chi connectivity index (χ4v) is 7.37. The van der Waals surface area contributed by atoms with Gasteiger partial charge in [-0.3, -0.25) is 4.79 Å². The fourth-order valence-electron chi connectivity index (χ4n) is 7.37. The summed E-state index contributed by atoms with van der Waals surface area (Å²) in [5.41, 5.74) is 0.105. The summed E-state index contributed by atoms with van der Waals surface area (Å²) in [6.07, 6.45) is 8.86. The molecule has 0 aliphatic heterocycles. The maximum atomic E-state index is 12.4. The van der Waals surface area contributed by atoms with E-state index >= 15 is 0 Å². The van der Waals surface area contributed by atoms with Gasteiger partial charge in [-0.05, 0) is 73.5 Å². The number of fused-ring (bicyclic) bond motifs is 5. The number of Topliss-reactive ketones (excluding diaryl/α,β-unsaturated/α-hetero) is 1. The lowest BCUT2D eigenvalue weighted by Gasteiger charge is -2.61. The Bertz CT molecular complexity index is 486. The third kappa shape index (κ3) is 1.85. The molecule has 0 aromatic heterocycles. The molecule has 0 bridgehead atoms. The van der Waals surface area contributed by atoms with E-state index in [9.17, 15) is 9.90 Å². The van der Waals surface area contributed by atoms with Crippen LogP contribution in [0.3, 0.4) is 0 Å². The monoisotopic (exact) mass is 304 g/mol. The molecule has 4 aliphatic carbocycles. The Balaban J connectivity index is 1.69. The summed E-state index contributed by atoms with van der Waals surface area (Å²) in [5.74, 6) is 3.67. The predicted molar refractivity (Wildman–Crippen MR) is 87.3 cm³/mol. The summed E-state index contributed by atoms with van der Waals surface area (Å²) >= 11 is 0. The number of ketones is 1. The molecule has 0 heterocycles. The second-order valence-electron chi connectivity index (χ2n) is 9.61. The molecule has 0 aromatic carbocycles. The van der Waals surface area contributed by atoms with Crippen molar-refractivity contribution in [2.75, 3.05) is 0 Å². The van der Waals surface area contributed by atoms with Crippen molar-refractivity contribution in [3.63, 3.8) is 0 Å². The molecule has 0 radical (unpaired) electrons. The van der Waals surface area contributed by atoms with Gasteiger partial charge in [0.25, 0.3) is 0 Å². The maximum Gasteiger partial charge on any atom is 0.139 e. The third-order valence-corrected chi connectivity index (χ3v) is 8.57. The molecule has 0 aromatic rings. The fraction of sp³-hybridized carbons (Fsp3) is 0.950. The second-order valence-corrected chi connectivity index (χ2v) is 9.61. The van der Waals surface area contributed by atoms with Crippen LogP contribution in [-0.4, -0.2) is 17.0 Å². The summed E-state index contributed by atoms with van der Waals surface area (Å²) in [5, 5.41) is 11.1. The van der Waals surface area contributed by atoms with Gasteiger partial charge in [0.1, 0.15) is 5.78 Å². The summed E-state index contributed by atoms with van der Waals surface area (Å²) in [6.45, 7) is 7.03. The van der Waals surface area contributed by atoms with Gasteiger partial charge in [0.2, 0.25) is 0 Å². The first-order chi connectivity index (χ1) is 10.4. The molecule has 4 fully saturated rings. The van der Waals surface area contributed by atoms with Crippen molar-refractivity contribution >= 4 is 5.78 Å². The Morgan fingerprint density at radius 3 is 2.68 bits per heavy atom. The number of hydrogen-bond donors (Lipinski definition) is 1. The van der Waals surface area contributed by atoms with Crippen molar-refractivity contribution in [1.82, 2.24) is 0 Å². The van der Waals surface area contributed by atoms with Crippen LogP contribution in [-0.2, 0) is 4.79 Å². The largest absolute Gasteiger partial charge is 0.393 e. The van der Waals surface area contributed by atoms with Crippen LogP contribution in [0.5, 0.6) is 0 Å². The molecule has 4 saturated carbocycles. The average Bonchev–Trinajstić information content (AvgIpc) is 2.75. The van der Waals surface area contributed by atoms with E-state index in [0.717, 1.165) is 31.1 Å². The van der Waals surface area contributed by atoms with Gasteiger partial charge in [0, 0.05) is 11.8 Å². The molecule has 2 heteroatoms. The molecule has 124 valence electrons. The number of rotatable bonds is 0. The molecule has 1 N–H and O–H groups in total. The van der Waals surface area contributed by atoms with Crippen LogP contribution in [0, 0.1) is 40.4 Å². The maximum absolute atomic E-state index is 12.4. The molecular weight excluding hydrogens is 272 g/mol. The lowest BCUT2D eigenvalue weighted by molar-refractivity contribution is -0.171. The number of carbonyl (C=O) groups excluding carboxylic acids is 1. The first-order valence-corrected chi connectivity index (χ1v) is 9.57. The highest BCUT2D eigenvalue weighted by molar-refractivity contribution is 5.87. The summed E-state index contributed by atoms with van der Waals surface area (Å²) < 4.78 is 0. The van der Waals surface area contributed by atoms with Gasteiger partial charge in [-0.1, -0.05) is 27.2 Å². The SMILES string of the molecule is C[C@@H]1CC[C@@]2(C)C(CC[C@@H]3[C@@H]2[C@@H](O)C[C@]2(C)C(=O)CC[C@@H]32)C1. The van der Waals surface area contributed by atoms with Crippen LogP contribution in [0.15, 0.2) is 0 Å². The normalized spacial score (nSPS) is 57.9. The lowest BCUT2D eigenvalue weighted by Crippen LogP contribution is -2.58. The zero-order chi connectivity index (χ0) is 15.7. The van der Waals surface area contributed by atoms with E-state index in [-0.39, 0.29) is 11.5 Å². The van der Waals surface area contributed by atoms with Crippen molar-refractivity contribution in [2.45, 2.75) is 78.2 Å². The van der Waals surface area contributed by atoms with Crippen LogP contribution in [0.1, 0.15) is 72.1 Å². The molecule has 0 saturated heterocycles. The summed E-state index contributed by atoms with van der Waals surface area (Å²) in [6, 6.07) is 0. The van der Waals surface area contributed by atoms with E-state index in [2.05, 4.69) is 20.8 Å². The minimum Gasteiger partial charge on any atom is -0.393 e. The zero-order valence-electron chi connectivity index (χ0n) is 14.5. The molecule has 22 heavy (non-hydrogen) atoms. The van der Waals surface area contributed by atoms with Gasteiger partial charge in [0.05, 0.1) is 6.10 Å². The van der Waals surface area contributed by atoms with Crippen LogP contribution >= 0.6 is 0 Å². The molecule has 0 amide bonds. The number of hydrogen-bond acceptors (Lipinski definition) is 2. The molecule has 4 aliphatic rings. The summed E-state index contributed by atoms with van der Waals surface area (Å²) in [4.78, 5) is 12.4. The van der Waals surface area contributed by atoms with Crippen molar-refractivity contribution in [2.24, 2.45) is 40.4 Å². The molecule has 8 atom stereocenters. The van der Waals surface area contributed by atoms with Crippen LogP contribution in [0.25, 0.3) is 0 Å². The highest BCUT2D eigenvalue weighted by Gasteiger charge is 2.62. The van der Waals surface area contributed by atoms with Crippen LogP contribution in [0.4, 0.5) is 0 Å². The minimum absolute atomic E-state index is 0.217. The van der Waals surface area contributed by atoms with Crippen molar-refractivity contribution in [1.29, 1.82) is 0 Å². The van der Waals surface area contributed by atoms with Gasteiger partial charge in [0.15, 0.2) is 0 Å². The molecule has 4 rings (SSSR count). The molecule has 0 spiro atoms. The van der Waals surface area contributed by atoms with Gasteiger partial charge < -0.3 is 5.11 Å². The highest BCUT2D eigenvalue weighted by atomic mass is 16.3. The zero-order valence-corrected chi connectivity index (χ0v) is 14.5. The smallest absolute Gasteiger partial charge is 0.139 e. The third-order valence-electron chi connectivity index (χ3n) is 8.57. The van der Waals surface area contributed by atoms with E-state index in [1.54, 1.807) is 0 Å². The van der Waals surface area contributed by atoms with Crippen molar-refractivity contribution in [3.05, 3.63) is 0 Å². The Labute approximate surface area is 135 Å². The Kier molecular flexibility index (Phi) is 3.32. The Hall–Kier alpha value is -0.370. The topological polar surface area (TPSA) is 37.3 Å². The van der Waals surface area contributed by atoms with Gasteiger partial charge in [-0.25, -0.2) is 0 Å². The summed E-state index contributed by atoms with van der Waals surface area (Å²) in [7, 11) is 0. The van der Waals surface area contributed by atoms with Crippen LogP contribution in [0.2, 0.25) is 0 Å². The quantitative estimate of drug-likeness (QED) is 0.728. The van der Waals surface area contributed by atoms with E-state index in [1.165, 1.54) is 32.1 Å². The number of aliphatic hydroxyl groups is 1. The van der Waals surface area contributed by atoms with Crippen molar-refractivity contribution in [3.8, 4) is 0 Å². The first-order valence-electron chi connectivity index (χ1n) is 9.57. The predicted octanol–water partition coefficient (Wildman–Crippen LogP) is 4.21. The van der Waals surface area contributed by atoms with Crippen LogP contribution < -0.4 is 0 Å².